The average Bonchev–Trinajstić information content (AvgIpc) is 3.48. The van der Waals surface area contributed by atoms with Crippen LogP contribution in [0, 0.1) is 0 Å². The summed E-state index contributed by atoms with van der Waals surface area (Å²) in [4.78, 5) is 28.8. The van der Waals surface area contributed by atoms with E-state index in [9.17, 15) is 9.59 Å². The number of hydrogen-bond donors (Lipinski definition) is 2. The second-order valence-electron chi connectivity index (χ2n) is 6.21. The molecule has 7 nitrogen and oxygen atoms in total. The van der Waals surface area contributed by atoms with Gasteiger partial charge in [-0.1, -0.05) is 24.3 Å². The molecule has 1 aromatic carbocycles. The van der Waals surface area contributed by atoms with Crippen LogP contribution in [-0.2, 0) is 4.79 Å². The first-order valence-corrected chi connectivity index (χ1v) is 9.96. The first kappa shape index (κ1) is 19.3. The number of hydrazine groups is 1. The van der Waals surface area contributed by atoms with Gasteiger partial charge in [-0.25, -0.2) is 4.68 Å². The predicted octanol–water partition coefficient (Wildman–Crippen LogP) is 3.47. The minimum Gasteiger partial charge on any atom is -0.268 e. The summed E-state index contributed by atoms with van der Waals surface area (Å²) in [5.74, 6) is -0.816. The van der Waals surface area contributed by atoms with E-state index in [2.05, 4.69) is 20.9 Å². The van der Waals surface area contributed by atoms with Gasteiger partial charge < -0.3 is 0 Å². The fourth-order valence-electron chi connectivity index (χ4n) is 2.74. The number of nitrogens with zero attached hydrogens (tertiary/aromatic N) is 3. The number of amides is 2. The van der Waals surface area contributed by atoms with Crippen molar-refractivity contribution in [2.75, 3.05) is 0 Å². The smallest absolute Gasteiger partial charge is 0.268 e. The Labute approximate surface area is 176 Å². The molecule has 0 aliphatic rings. The molecule has 0 bridgehead atoms. The molecule has 8 heteroatoms. The monoisotopic (exact) mass is 415 g/mol. The molecule has 148 valence electrons. The van der Waals surface area contributed by atoms with Crippen LogP contribution < -0.4 is 10.9 Å². The van der Waals surface area contributed by atoms with Gasteiger partial charge >= 0.3 is 0 Å². The van der Waals surface area contributed by atoms with E-state index < -0.39 is 5.91 Å². The van der Waals surface area contributed by atoms with Gasteiger partial charge in [0.2, 0.25) is 0 Å². The SMILES string of the molecule is O=C(/C=C/c1cn(-c2ccccc2)nc1-c1cccnc1)NNC(=O)c1cccs1. The van der Waals surface area contributed by atoms with E-state index in [0.717, 1.165) is 16.8 Å². The highest BCUT2D eigenvalue weighted by atomic mass is 32.1. The highest BCUT2D eigenvalue weighted by molar-refractivity contribution is 7.12. The lowest BCUT2D eigenvalue weighted by atomic mass is 10.1. The lowest BCUT2D eigenvalue weighted by Crippen LogP contribution is -2.40. The number of hydrogen-bond acceptors (Lipinski definition) is 5. The number of benzene rings is 1. The maximum atomic E-state index is 12.2. The second-order valence-corrected chi connectivity index (χ2v) is 7.16. The molecular formula is C22H17N5O2S. The minimum atomic E-state index is -0.454. The number of nitrogens with one attached hydrogen (secondary N) is 2. The molecule has 0 radical (unpaired) electrons. The Hall–Kier alpha value is -4.04. The quantitative estimate of drug-likeness (QED) is 0.386. The maximum Gasteiger partial charge on any atom is 0.279 e. The fourth-order valence-corrected chi connectivity index (χ4v) is 3.36. The number of para-hydroxylation sites is 1. The Bertz CT molecular complexity index is 1170. The van der Waals surface area contributed by atoms with Crippen molar-refractivity contribution in [1.82, 2.24) is 25.6 Å². The Morgan fingerprint density at radius 2 is 1.87 bits per heavy atom. The molecule has 2 amide bonds. The summed E-state index contributed by atoms with van der Waals surface area (Å²) in [6, 6.07) is 16.9. The van der Waals surface area contributed by atoms with Crippen LogP contribution in [0.1, 0.15) is 15.2 Å². The van der Waals surface area contributed by atoms with Gasteiger partial charge in [0.05, 0.1) is 10.6 Å². The van der Waals surface area contributed by atoms with Crippen molar-refractivity contribution in [2.45, 2.75) is 0 Å². The lowest BCUT2D eigenvalue weighted by Gasteiger charge is -2.03. The summed E-state index contributed by atoms with van der Waals surface area (Å²) in [5, 5.41) is 6.45. The highest BCUT2D eigenvalue weighted by Gasteiger charge is 2.11. The van der Waals surface area contributed by atoms with E-state index in [1.54, 1.807) is 40.7 Å². The molecule has 0 spiro atoms. The van der Waals surface area contributed by atoms with E-state index in [4.69, 9.17) is 0 Å². The number of carbonyl (C=O) groups excluding carboxylic acids is 2. The zero-order valence-corrected chi connectivity index (χ0v) is 16.5. The second kappa shape index (κ2) is 8.97. The predicted molar refractivity (Wildman–Crippen MR) is 116 cm³/mol. The molecule has 0 aliphatic carbocycles. The molecule has 0 unspecified atom stereocenters. The van der Waals surface area contributed by atoms with Crippen molar-refractivity contribution in [3.63, 3.8) is 0 Å². The third kappa shape index (κ3) is 4.50. The Morgan fingerprint density at radius 3 is 2.60 bits per heavy atom. The van der Waals surface area contributed by atoms with Crippen LogP contribution in [0.5, 0.6) is 0 Å². The minimum absolute atomic E-state index is 0.361. The van der Waals surface area contributed by atoms with Crippen molar-refractivity contribution in [1.29, 1.82) is 0 Å². The van der Waals surface area contributed by atoms with Gasteiger partial charge in [0.15, 0.2) is 0 Å². The number of thiophene rings is 1. The molecule has 0 fully saturated rings. The van der Waals surface area contributed by atoms with Crippen molar-refractivity contribution in [3.8, 4) is 16.9 Å². The van der Waals surface area contributed by atoms with Gasteiger partial charge in [-0.2, -0.15) is 5.10 Å². The number of carbonyl (C=O) groups is 2. The van der Waals surface area contributed by atoms with Crippen molar-refractivity contribution in [2.24, 2.45) is 0 Å². The highest BCUT2D eigenvalue weighted by Crippen LogP contribution is 2.24. The molecule has 4 aromatic rings. The number of rotatable bonds is 5. The van der Waals surface area contributed by atoms with Crippen LogP contribution in [0.2, 0.25) is 0 Å². The van der Waals surface area contributed by atoms with Crippen LogP contribution in [0.4, 0.5) is 0 Å². The molecule has 3 aromatic heterocycles. The van der Waals surface area contributed by atoms with E-state index in [0.29, 0.717) is 10.6 Å². The lowest BCUT2D eigenvalue weighted by molar-refractivity contribution is -0.117. The normalized spacial score (nSPS) is 10.8. The summed E-state index contributed by atoms with van der Waals surface area (Å²) < 4.78 is 1.75. The van der Waals surface area contributed by atoms with E-state index >= 15 is 0 Å². The topological polar surface area (TPSA) is 88.9 Å². The number of aromatic nitrogens is 3. The fraction of sp³-hybridized carbons (Fsp3) is 0. The molecule has 2 N–H and O–H groups in total. The van der Waals surface area contributed by atoms with E-state index in [-0.39, 0.29) is 5.91 Å². The zero-order chi connectivity index (χ0) is 20.8. The third-order valence-corrected chi connectivity index (χ3v) is 5.03. The van der Waals surface area contributed by atoms with Gasteiger partial charge in [-0.3, -0.25) is 25.4 Å². The summed E-state index contributed by atoms with van der Waals surface area (Å²) >= 11 is 1.29. The molecule has 0 saturated carbocycles. The summed E-state index contributed by atoms with van der Waals surface area (Å²) in [5.41, 5.74) is 7.93. The molecular weight excluding hydrogens is 398 g/mol. The van der Waals surface area contributed by atoms with Gasteiger partial charge in [-0.05, 0) is 41.8 Å². The van der Waals surface area contributed by atoms with Crippen molar-refractivity contribution in [3.05, 3.63) is 95.1 Å². The van der Waals surface area contributed by atoms with E-state index in [1.165, 1.54) is 17.4 Å². The van der Waals surface area contributed by atoms with Crippen LogP contribution >= 0.6 is 11.3 Å². The summed E-state index contributed by atoms with van der Waals surface area (Å²) in [6.45, 7) is 0. The molecule has 0 aliphatic heterocycles. The first-order valence-electron chi connectivity index (χ1n) is 9.08. The summed E-state index contributed by atoms with van der Waals surface area (Å²) in [7, 11) is 0. The van der Waals surface area contributed by atoms with Crippen LogP contribution in [0.25, 0.3) is 23.0 Å². The Balaban J connectivity index is 1.54. The standard InChI is InChI=1S/C22H17N5O2S/c28-20(24-25-22(29)19-9-5-13-30-19)11-10-17-15-27(18-7-2-1-3-8-18)26-21(17)16-6-4-12-23-14-16/h1-15H,(H,24,28)(H,25,29)/b11-10+. The molecule has 30 heavy (non-hydrogen) atoms. The van der Waals surface area contributed by atoms with Gasteiger partial charge in [-0.15, -0.1) is 11.3 Å². The molecule has 4 rings (SSSR count). The first-order chi connectivity index (χ1) is 14.7. The summed E-state index contributed by atoms with van der Waals surface area (Å²) in [6.07, 6.45) is 8.25. The Kier molecular flexibility index (Phi) is 5.77. The van der Waals surface area contributed by atoms with Gasteiger partial charge in [0.1, 0.15) is 5.69 Å². The van der Waals surface area contributed by atoms with Crippen molar-refractivity contribution < 1.29 is 9.59 Å². The van der Waals surface area contributed by atoms with Crippen LogP contribution in [-0.4, -0.2) is 26.6 Å². The zero-order valence-electron chi connectivity index (χ0n) is 15.7. The molecule has 0 saturated heterocycles. The van der Waals surface area contributed by atoms with E-state index in [1.807, 2.05) is 48.7 Å². The Morgan fingerprint density at radius 1 is 1.00 bits per heavy atom. The average molecular weight is 415 g/mol. The van der Waals surface area contributed by atoms with Gasteiger partial charge in [0, 0.05) is 35.8 Å². The van der Waals surface area contributed by atoms with Crippen LogP contribution in [0.3, 0.4) is 0 Å². The van der Waals surface area contributed by atoms with Crippen molar-refractivity contribution >= 4 is 29.2 Å². The number of pyridine rings is 1. The largest absolute Gasteiger partial charge is 0.279 e. The molecule has 3 heterocycles. The van der Waals surface area contributed by atoms with Crippen LogP contribution in [0.15, 0.2) is 84.6 Å². The van der Waals surface area contributed by atoms with Gasteiger partial charge in [0.25, 0.3) is 11.8 Å². The molecule has 0 atom stereocenters. The third-order valence-electron chi connectivity index (χ3n) is 4.16. The maximum absolute atomic E-state index is 12.2.